The molecular weight excluding hydrogens is 200 g/mol. The molecule has 0 aromatic carbocycles. The monoisotopic (exact) mass is 208 g/mol. The number of aromatic nitrogens is 2. The summed E-state index contributed by atoms with van der Waals surface area (Å²) in [5.74, 6) is 0. The van der Waals surface area contributed by atoms with E-state index in [9.17, 15) is 4.79 Å². The Labute approximate surface area is 84.2 Å². The number of nitrogens with zero attached hydrogens (tertiary/aromatic N) is 1. The highest BCUT2D eigenvalue weighted by Gasteiger charge is 2.02. The van der Waals surface area contributed by atoms with E-state index in [2.05, 4.69) is 9.97 Å². The van der Waals surface area contributed by atoms with Gasteiger partial charge in [0.2, 0.25) is 0 Å². The first-order valence-corrected chi connectivity index (χ1v) is 4.80. The van der Waals surface area contributed by atoms with E-state index in [1.54, 1.807) is 19.5 Å². The van der Waals surface area contributed by atoms with Gasteiger partial charge < -0.3 is 9.72 Å². The summed E-state index contributed by atoms with van der Waals surface area (Å²) in [6, 6.07) is 3.81. The average Bonchev–Trinajstić information content (AvgIpc) is 2.67. The van der Waals surface area contributed by atoms with Crippen LogP contribution in [-0.4, -0.2) is 17.1 Å². The molecule has 72 valence electrons. The van der Waals surface area contributed by atoms with Gasteiger partial charge in [-0.05, 0) is 12.1 Å². The molecule has 5 heteroatoms. The molecule has 2 aromatic heterocycles. The Morgan fingerprint density at radius 3 is 2.93 bits per heavy atom. The van der Waals surface area contributed by atoms with Gasteiger partial charge in [-0.3, -0.25) is 0 Å². The van der Waals surface area contributed by atoms with E-state index in [0.29, 0.717) is 0 Å². The van der Waals surface area contributed by atoms with Crippen molar-refractivity contribution in [3.8, 4) is 15.5 Å². The highest BCUT2D eigenvalue weighted by Crippen LogP contribution is 2.31. The zero-order chi connectivity index (χ0) is 9.97. The van der Waals surface area contributed by atoms with Gasteiger partial charge in [-0.15, -0.1) is 0 Å². The third-order valence-corrected chi connectivity index (χ3v) is 2.83. The largest absolute Gasteiger partial charge is 0.487 e. The van der Waals surface area contributed by atoms with E-state index in [1.165, 1.54) is 11.3 Å². The zero-order valence-corrected chi connectivity index (χ0v) is 8.30. The van der Waals surface area contributed by atoms with Crippen LogP contribution in [0, 0.1) is 0 Å². The van der Waals surface area contributed by atoms with Gasteiger partial charge >= 0.3 is 5.69 Å². The summed E-state index contributed by atoms with van der Waals surface area (Å²) < 4.78 is 5.07. The SMILES string of the molecule is COc1ccc(-c2cnc(=O)[nH]c2)s1. The van der Waals surface area contributed by atoms with Crippen LogP contribution < -0.4 is 10.4 Å². The van der Waals surface area contributed by atoms with Crippen LogP contribution in [0.3, 0.4) is 0 Å². The molecule has 0 aliphatic rings. The molecule has 0 spiro atoms. The summed E-state index contributed by atoms with van der Waals surface area (Å²) in [7, 11) is 1.63. The quantitative estimate of drug-likeness (QED) is 0.813. The predicted octanol–water partition coefficient (Wildman–Crippen LogP) is 1.51. The molecule has 14 heavy (non-hydrogen) atoms. The van der Waals surface area contributed by atoms with Gasteiger partial charge in [0, 0.05) is 22.8 Å². The molecule has 0 unspecified atom stereocenters. The summed E-state index contributed by atoms with van der Waals surface area (Å²) in [5, 5.41) is 0.839. The molecular formula is C9H8N2O2S. The second-order valence-electron chi connectivity index (χ2n) is 2.63. The number of nitrogens with one attached hydrogen (secondary N) is 1. The lowest BCUT2D eigenvalue weighted by atomic mass is 10.3. The Bertz CT molecular complexity index is 469. The average molecular weight is 208 g/mol. The topological polar surface area (TPSA) is 55.0 Å². The summed E-state index contributed by atoms with van der Waals surface area (Å²) in [4.78, 5) is 17.9. The van der Waals surface area contributed by atoms with Gasteiger partial charge in [0.1, 0.15) is 0 Å². The number of rotatable bonds is 2. The van der Waals surface area contributed by atoms with Gasteiger partial charge in [-0.2, -0.15) is 0 Å². The summed E-state index contributed by atoms with van der Waals surface area (Å²) >= 11 is 1.51. The first kappa shape index (κ1) is 8.96. The lowest BCUT2D eigenvalue weighted by molar-refractivity contribution is 0.427. The minimum absolute atomic E-state index is 0.336. The Morgan fingerprint density at radius 2 is 2.36 bits per heavy atom. The van der Waals surface area contributed by atoms with Gasteiger partial charge in [0.25, 0.3) is 0 Å². The number of hydrogen-bond donors (Lipinski definition) is 1. The Hall–Kier alpha value is -1.62. The minimum Gasteiger partial charge on any atom is -0.487 e. The fourth-order valence-electron chi connectivity index (χ4n) is 1.06. The first-order chi connectivity index (χ1) is 6.79. The van der Waals surface area contributed by atoms with Crippen molar-refractivity contribution in [3.63, 3.8) is 0 Å². The van der Waals surface area contributed by atoms with Crippen molar-refractivity contribution in [1.29, 1.82) is 0 Å². The van der Waals surface area contributed by atoms with Crippen LogP contribution in [0.1, 0.15) is 0 Å². The summed E-state index contributed by atoms with van der Waals surface area (Å²) in [5.41, 5.74) is 0.551. The van der Waals surface area contributed by atoms with Gasteiger partial charge in [0.15, 0.2) is 5.06 Å². The van der Waals surface area contributed by atoms with Crippen molar-refractivity contribution in [2.45, 2.75) is 0 Å². The van der Waals surface area contributed by atoms with Crippen LogP contribution in [0.4, 0.5) is 0 Å². The van der Waals surface area contributed by atoms with Gasteiger partial charge in [0.05, 0.1) is 7.11 Å². The number of ether oxygens (including phenoxy) is 1. The van der Waals surface area contributed by atoms with Crippen LogP contribution >= 0.6 is 11.3 Å². The van der Waals surface area contributed by atoms with E-state index in [4.69, 9.17) is 4.74 Å². The number of hydrogen-bond acceptors (Lipinski definition) is 4. The van der Waals surface area contributed by atoms with Crippen molar-refractivity contribution in [1.82, 2.24) is 9.97 Å². The highest BCUT2D eigenvalue weighted by molar-refractivity contribution is 7.17. The molecule has 4 nitrogen and oxygen atoms in total. The summed E-state index contributed by atoms with van der Waals surface area (Å²) in [6.45, 7) is 0. The lowest BCUT2D eigenvalue weighted by Crippen LogP contribution is -2.07. The molecule has 0 fully saturated rings. The maximum atomic E-state index is 10.7. The molecule has 0 saturated heterocycles. The van der Waals surface area contributed by atoms with Crippen molar-refractivity contribution in [3.05, 3.63) is 35.0 Å². The van der Waals surface area contributed by atoms with Crippen LogP contribution in [-0.2, 0) is 0 Å². The fourth-order valence-corrected chi connectivity index (χ4v) is 1.86. The highest BCUT2D eigenvalue weighted by atomic mass is 32.1. The molecule has 2 heterocycles. The van der Waals surface area contributed by atoms with E-state index in [-0.39, 0.29) is 5.69 Å². The number of H-pyrrole nitrogens is 1. The smallest absolute Gasteiger partial charge is 0.344 e. The molecule has 0 bridgehead atoms. The van der Waals surface area contributed by atoms with Crippen LogP contribution in [0.5, 0.6) is 5.06 Å². The summed E-state index contributed by atoms with van der Waals surface area (Å²) in [6.07, 6.45) is 3.19. The van der Waals surface area contributed by atoms with Crippen LogP contribution in [0.15, 0.2) is 29.3 Å². The van der Waals surface area contributed by atoms with Crippen molar-refractivity contribution < 1.29 is 4.74 Å². The van der Waals surface area contributed by atoms with Crippen LogP contribution in [0.25, 0.3) is 10.4 Å². The first-order valence-electron chi connectivity index (χ1n) is 3.98. The van der Waals surface area contributed by atoms with Crippen molar-refractivity contribution >= 4 is 11.3 Å². The number of thiophene rings is 1. The van der Waals surface area contributed by atoms with Crippen molar-refractivity contribution in [2.75, 3.05) is 7.11 Å². The molecule has 0 radical (unpaired) electrons. The Kier molecular flexibility index (Phi) is 2.32. The molecule has 2 rings (SSSR count). The maximum absolute atomic E-state index is 10.7. The second-order valence-corrected chi connectivity index (χ2v) is 3.68. The number of methoxy groups -OCH3 is 1. The van der Waals surface area contributed by atoms with Gasteiger partial charge in [-0.1, -0.05) is 11.3 Å². The number of aromatic amines is 1. The van der Waals surface area contributed by atoms with Gasteiger partial charge in [-0.25, -0.2) is 9.78 Å². The maximum Gasteiger partial charge on any atom is 0.344 e. The predicted molar refractivity (Wildman–Crippen MR) is 54.7 cm³/mol. The molecule has 2 aromatic rings. The van der Waals surface area contributed by atoms with E-state index >= 15 is 0 Å². The van der Waals surface area contributed by atoms with E-state index < -0.39 is 0 Å². The normalized spacial score (nSPS) is 10.1. The van der Waals surface area contributed by atoms with Crippen molar-refractivity contribution in [2.24, 2.45) is 0 Å². The van der Waals surface area contributed by atoms with E-state index in [1.807, 2.05) is 12.1 Å². The fraction of sp³-hybridized carbons (Fsp3) is 0.111. The third-order valence-electron chi connectivity index (χ3n) is 1.74. The molecule has 0 amide bonds. The van der Waals surface area contributed by atoms with Crippen LogP contribution in [0.2, 0.25) is 0 Å². The molecule has 0 atom stereocenters. The molecule has 1 N–H and O–H groups in total. The Morgan fingerprint density at radius 1 is 1.50 bits per heavy atom. The second kappa shape index (κ2) is 3.63. The zero-order valence-electron chi connectivity index (χ0n) is 7.48. The Balaban J connectivity index is 2.39. The molecule has 0 aliphatic carbocycles. The lowest BCUT2D eigenvalue weighted by Gasteiger charge is -1.93. The standard InChI is InChI=1S/C9H8N2O2S/c1-13-8-3-2-7(14-8)6-4-10-9(12)11-5-6/h2-5H,1H3,(H,10,11,12). The molecule has 0 aliphatic heterocycles. The third kappa shape index (κ3) is 1.67. The van der Waals surface area contributed by atoms with E-state index in [0.717, 1.165) is 15.5 Å². The molecule has 0 saturated carbocycles. The minimum atomic E-state index is -0.336.